The van der Waals surface area contributed by atoms with Gasteiger partial charge in [0.15, 0.2) is 85.4 Å². The Morgan fingerprint density at radius 3 is 0.747 bits per heavy atom. The van der Waals surface area contributed by atoms with Crippen LogP contribution >= 0.6 is 0 Å². The van der Waals surface area contributed by atoms with Crippen LogP contribution in [0.3, 0.4) is 0 Å². The molecule has 1 nitrogen and oxygen atoms in total. The normalized spacial score (nSPS) is 11.7. The SMILES string of the molecule is CCCCCCCCCCCCc1ccc([S+](CC(=O)c2ccccc2)c2ccc(CCCCCCCCCCCC)cc2)cc1.Fc1c(F)c(F)c([B-](c2c(F)c(F)c(F)c(F)c2F)(c2c(F)c(F)c(F)c(F)c2F)c2c(F)c(F)c(F)c(F)c2F)c(F)c1F. The molecule has 492 valence electrons. The summed E-state index contributed by atoms with van der Waals surface area (Å²) in [5.74, 6) is -70.6. The monoisotopic (exact) mass is 1320 g/mol. The maximum absolute atomic E-state index is 15.4. The third-order valence-electron chi connectivity index (χ3n) is 16.1. The molecule has 0 heterocycles. The number of hydrogen-bond donors (Lipinski definition) is 0. The standard InChI is InChI=1S/C44H65OS.C24BF20/c1-3-5-7-9-11-13-15-17-19-22-26-39-30-34-42(35-31-39)46(38-44(45)41-28-24-21-25-29-41)43-36-32-40(33-37-43)27-23-20-18-16-14-12-10-8-6-4-2;26-5-1(6(27)14(35)21(42)13(5)34)25(2-7(28)15(36)22(43)16(37)8(2)29,3-9(30)17(38)23(44)18(39)10(3)31)4-11(32)19(40)24(45)20(41)12(4)33/h21,24-25,28-37H,3-20,22-23,26-27,38H2,1-2H3;/q+1;-1. The first-order valence-corrected chi connectivity index (χ1v) is 31.5. The van der Waals surface area contributed by atoms with Crippen molar-refractivity contribution >= 4 is 44.7 Å². The summed E-state index contributed by atoms with van der Waals surface area (Å²) in [6.07, 6.45) is 22.6. The zero-order valence-corrected chi connectivity index (χ0v) is 50.5. The number of carbonyl (C=O) groups excluding carboxylic acids is 1. The van der Waals surface area contributed by atoms with E-state index < -0.39 is 144 Å². The van der Waals surface area contributed by atoms with Crippen LogP contribution in [0, 0.1) is 116 Å². The van der Waals surface area contributed by atoms with Gasteiger partial charge in [-0.25, -0.2) is 87.8 Å². The van der Waals surface area contributed by atoms with Crippen molar-refractivity contribution < 1.29 is 92.6 Å². The number of rotatable bonds is 31. The van der Waals surface area contributed by atoms with Crippen molar-refractivity contribution in [2.45, 2.75) is 165 Å². The Hall–Kier alpha value is -6.78. The van der Waals surface area contributed by atoms with Gasteiger partial charge in [0.2, 0.25) is 5.78 Å². The Kier molecular flexibility index (Phi) is 27.6. The van der Waals surface area contributed by atoms with E-state index >= 15 is 35.1 Å². The summed E-state index contributed by atoms with van der Waals surface area (Å²) >= 11 is 0. The Morgan fingerprint density at radius 2 is 0.505 bits per heavy atom. The van der Waals surface area contributed by atoms with Gasteiger partial charge < -0.3 is 0 Å². The highest BCUT2D eigenvalue weighted by atomic mass is 32.2. The molecule has 0 N–H and O–H groups in total. The van der Waals surface area contributed by atoms with E-state index in [-0.39, 0.29) is 16.7 Å². The zero-order chi connectivity index (χ0) is 66.9. The van der Waals surface area contributed by atoms with Gasteiger partial charge in [-0.1, -0.05) is 184 Å². The molecule has 0 aliphatic heterocycles. The molecule has 7 rings (SSSR count). The van der Waals surface area contributed by atoms with Crippen molar-refractivity contribution in [3.63, 3.8) is 0 Å². The fraction of sp³-hybridized carbons (Fsp3) is 0.368. The molecule has 23 heteroatoms. The zero-order valence-electron chi connectivity index (χ0n) is 49.7. The van der Waals surface area contributed by atoms with Crippen LogP contribution in [0.15, 0.2) is 88.7 Å². The van der Waals surface area contributed by atoms with E-state index in [2.05, 4.69) is 62.4 Å². The molecule has 0 atom stereocenters. The first-order chi connectivity index (χ1) is 43.4. The lowest BCUT2D eigenvalue weighted by Crippen LogP contribution is -2.81. The third kappa shape index (κ3) is 16.7. The largest absolute Gasteiger partial charge is 0.289 e. The Morgan fingerprint density at radius 1 is 0.286 bits per heavy atom. The first kappa shape index (κ1) is 73.3. The minimum atomic E-state index is -7.22. The van der Waals surface area contributed by atoms with Crippen molar-refractivity contribution in [2.75, 3.05) is 5.75 Å². The molecule has 0 saturated carbocycles. The minimum absolute atomic E-state index is 0.229. The highest BCUT2D eigenvalue weighted by molar-refractivity contribution is 7.97. The molecule has 0 fully saturated rings. The number of ketones is 1. The van der Waals surface area contributed by atoms with Crippen LogP contribution in [0.25, 0.3) is 0 Å². The van der Waals surface area contributed by atoms with E-state index in [0.29, 0.717) is 5.75 Å². The second-order valence-electron chi connectivity index (χ2n) is 22.3. The van der Waals surface area contributed by atoms with Gasteiger partial charge in [-0.05, 0) is 61.1 Å². The van der Waals surface area contributed by atoms with E-state index in [0.717, 1.165) is 18.4 Å². The molecule has 0 unspecified atom stereocenters. The van der Waals surface area contributed by atoms with Crippen LogP contribution < -0.4 is 21.9 Å². The summed E-state index contributed by atoms with van der Waals surface area (Å²) in [5, 5.41) is 0. The summed E-state index contributed by atoms with van der Waals surface area (Å²) in [5.41, 5.74) is -10.7. The molecule has 91 heavy (non-hydrogen) atoms. The van der Waals surface area contributed by atoms with Crippen molar-refractivity contribution in [3.05, 3.63) is 212 Å². The average Bonchev–Trinajstić information content (AvgIpc) is 0.684. The number of aryl methyl sites for hydroxylation is 2. The van der Waals surface area contributed by atoms with Crippen molar-refractivity contribution in [2.24, 2.45) is 0 Å². The molecule has 0 radical (unpaired) electrons. The molecular weight excluding hydrogens is 1260 g/mol. The van der Waals surface area contributed by atoms with Gasteiger partial charge in [0.1, 0.15) is 52.7 Å². The molecule has 7 aromatic carbocycles. The van der Waals surface area contributed by atoms with Crippen molar-refractivity contribution in [1.82, 2.24) is 0 Å². The maximum Gasteiger partial charge on any atom is 0.212 e. The highest BCUT2D eigenvalue weighted by Gasteiger charge is 2.52. The summed E-state index contributed by atoms with van der Waals surface area (Å²) < 4.78 is 294. The van der Waals surface area contributed by atoms with E-state index in [4.69, 9.17) is 0 Å². The molecule has 0 amide bonds. The summed E-state index contributed by atoms with van der Waals surface area (Å²) in [6.45, 7) is 4.58. The van der Waals surface area contributed by atoms with Crippen molar-refractivity contribution in [3.8, 4) is 0 Å². The summed E-state index contributed by atoms with van der Waals surface area (Å²) in [4.78, 5) is 15.9. The van der Waals surface area contributed by atoms with Gasteiger partial charge in [0.05, 0.1) is 10.9 Å². The van der Waals surface area contributed by atoms with E-state index in [1.54, 1.807) is 0 Å². The molecule has 0 aromatic heterocycles. The minimum Gasteiger partial charge on any atom is -0.289 e. The second kappa shape index (κ2) is 34.2. The molecule has 0 spiro atoms. The predicted molar refractivity (Wildman–Crippen MR) is 313 cm³/mol. The predicted octanol–water partition coefficient (Wildman–Crippen LogP) is 19.4. The number of halogens is 20. The number of benzene rings is 7. The van der Waals surface area contributed by atoms with Crippen LogP contribution in [0.1, 0.15) is 164 Å². The van der Waals surface area contributed by atoms with Crippen molar-refractivity contribution in [1.29, 1.82) is 0 Å². The number of Topliss-reactive ketones (excluding diaryl/α,β-unsaturated/α-hetero) is 1. The number of unbranched alkanes of at least 4 members (excludes halogenated alkanes) is 18. The smallest absolute Gasteiger partial charge is 0.212 e. The Labute approximate surface area is 517 Å². The van der Waals surface area contributed by atoms with Crippen LogP contribution in [0.2, 0.25) is 0 Å². The summed E-state index contributed by atoms with van der Waals surface area (Å²) in [6, 6.07) is 28.3. The van der Waals surface area contributed by atoms with E-state index in [1.807, 2.05) is 30.3 Å². The van der Waals surface area contributed by atoms with Gasteiger partial charge in [-0.15, -0.1) is 21.9 Å². The van der Waals surface area contributed by atoms with Crippen LogP contribution in [0.5, 0.6) is 0 Å². The van der Waals surface area contributed by atoms with Crippen LogP contribution in [-0.4, -0.2) is 17.7 Å². The van der Waals surface area contributed by atoms with E-state index in [1.165, 1.54) is 149 Å². The van der Waals surface area contributed by atoms with Crippen LogP contribution in [0.4, 0.5) is 87.8 Å². The number of hydrogen-bond acceptors (Lipinski definition) is 1. The lowest BCUT2D eigenvalue weighted by molar-refractivity contribution is 0.102. The average molecular weight is 1320 g/mol. The fourth-order valence-electron chi connectivity index (χ4n) is 11.3. The lowest BCUT2D eigenvalue weighted by Gasteiger charge is -2.44. The highest BCUT2D eigenvalue weighted by Crippen LogP contribution is 2.32. The summed E-state index contributed by atoms with van der Waals surface area (Å²) in [7, 11) is -0.277. The molecule has 0 aliphatic carbocycles. The van der Waals surface area contributed by atoms with Crippen LogP contribution in [-0.2, 0) is 23.7 Å². The first-order valence-electron chi connectivity index (χ1n) is 30.1. The topological polar surface area (TPSA) is 17.1 Å². The van der Waals surface area contributed by atoms with Gasteiger partial charge in [0.25, 0.3) is 0 Å². The molecule has 0 aliphatic rings. The molecule has 0 saturated heterocycles. The molecule has 7 aromatic rings. The number of carbonyl (C=O) groups is 1. The lowest BCUT2D eigenvalue weighted by atomic mass is 9.12. The fourth-order valence-corrected chi connectivity index (χ4v) is 13.3. The van der Waals surface area contributed by atoms with Gasteiger partial charge in [0, 0.05) is 5.56 Å². The maximum atomic E-state index is 15.4. The van der Waals surface area contributed by atoms with Gasteiger partial charge >= 0.3 is 0 Å². The quantitative estimate of drug-likeness (QED) is 0.00805. The Bertz CT molecular complexity index is 3140. The second-order valence-corrected chi connectivity index (χ2v) is 24.3. The van der Waals surface area contributed by atoms with Gasteiger partial charge in [-0.3, -0.25) is 4.79 Å². The molecular formula is C68H65BF20OS. The third-order valence-corrected chi connectivity index (χ3v) is 18.4. The molecule has 0 bridgehead atoms. The van der Waals surface area contributed by atoms with Gasteiger partial charge in [-0.2, -0.15) is 0 Å². The van der Waals surface area contributed by atoms with E-state index in [9.17, 15) is 57.5 Å². The Balaban J connectivity index is 0.000000289.